The first-order chi connectivity index (χ1) is 9.49. The number of rotatable bonds is 9. The molecular formula is C17H25ClO2. The summed E-state index contributed by atoms with van der Waals surface area (Å²) >= 11 is 6.21. The fraction of sp³-hybridized carbons (Fsp3) is 0.588. The number of aryl methyl sites for hydroxylation is 1. The first-order valence-electron chi connectivity index (χ1n) is 7.39. The van der Waals surface area contributed by atoms with Crippen molar-refractivity contribution in [1.29, 1.82) is 0 Å². The van der Waals surface area contributed by atoms with Gasteiger partial charge in [-0.05, 0) is 55.9 Å². The Kier molecular flexibility index (Phi) is 7.68. The van der Waals surface area contributed by atoms with Crippen molar-refractivity contribution < 1.29 is 9.53 Å². The minimum Gasteiger partial charge on any atom is -0.493 e. The largest absolute Gasteiger partial charge is 0.493 e. The van der Waals surface area contributed by atoms with Crippen LogP contribution < -0.4 is 4.74 Å². The molecule has 0 fully saturated rings. The second kappa shape index (κ2) is 9.02. The molecule has 0 saturated heterocycles. The first kappa shape index (κ1) is 17.0. The van der Waals surface area contributed by atoms with Gasteiger partial charge in [-0.2, -0.15) is 0 Å². The summed E-state index contributed by atoms with van der Waals surface area (Å²) in [7, 11) is 0. The van der Waals surface area contributed by atoms with Crippen molar-refractivity contribution in [2.45, 2.75) is 52.9 Å². The molecule has 0 atom stereocenters. The molecule has 0 bridgehead atoms. The van der Waals surface area contributed by atoms with E-state index >= 15 is 0 Å². The minimum absolute atomic E-state index is 0.270. The van der Waals surface area contributed by atoms with Gasteiger partial charge in [0.25, 0.3) is 0 Å². The molecule has 1 aromatic carbocycles. The molecule has 2 nitrogen and oxygen atoms in total. The highest BCUT2D eigenvalue weighted by atomic mass is 35.5. The normalized spacial score (nSPS) is 10.8. The van der Waals surface area contributed by atoms with Gasteiger partial charge in [-0.3, -0.25) is 0 Å². The molecule has 0 aliphatic rings. The molecule has 112 valence electrons. The van der Waals surface area contributed by atoms with E-state index in [-0.39, 0.29) is 5.78 Å². The lowest BCUT2D eigenvalue weighted by Gasteiger charge is -2.11. The van der Waals surface area contributed by atoms with Crippen LogP contribution in [0.15, 0.2) is 18.2 Å². The summed E-state index contributed by atoms with van der Waals surface area (Å²) < 4.78 is 5.72. The monoisotopic (exact) mass is 296 g/mol. The number of unbranched alkanes of at least 4 members (excludes halogenated alkanes) is 2. The molecule has 1 rings (SSSR count). The van der Waals surface area contributed by atoms with Crippen molar-refractivity contribution >= 4 is 17.4 Å². The molecule has 0 unspecified atom stereocenters. The van der Waals surface area contributed by atoms with Gasteiger partial charge in [0.15, 0.2) is 0 Å². The molecule has 0 radical (unpaired) electrons. The predicted molar refractivity (Wildman–Crippen MR) is 84.6 cm³/mol. The Labute approximate surface area is 127 Å². The van der Waals surface area contributed by atoms with Gasteiger partial charge >= 0.3 is 0 Å². The summed E-state index contributed by atoms with van der Waals surface area (Å²) in [6.45, 7) is 6.63. The number of hydrogen-bond donors (Lipinski definition) is 0. The summed E-state index contributed by atoms with van der Waals surface area (Å²) in [6, 6.07) is 5.86. The van der Waals surface area contributed by atoms with Crippen LogP contribution in [-0.2, 0) is 11.2 Å². The van der Waals surface area contributed by atoms with E-state index in [2.05, 4.69) is 13.8 Å². The van der Waals surface area contributed by atoms with Gasteiger partial charge < -0.3 is 9.53 Å². The SMILES string of the molecule is CC(=O)CCCCCc1cc(OCC(C)C)ccc1Cl. The van der Waals surface area contributed by atoms with Crippen LogP contribution in [0.5, 0.6) is 5.75 Å². The van der Waals surface area contributed by atoms with Crippen molar-refractivity contribution in [3.05, 3.63) is 28.8 Å². The number of carbonyl (C=O) groups excluding carboxylic acids is 1. The second-order valence-electron chi connectivity index (χ2n) is 5.72. The van der Waals surface area contributed by atoms with Crippen LogP contribution in [0, 0.1) is 5.92 Å². The lowest BCUT2D eigenvalue weighted by atomic mass is 10.0. The zero-order valence-corrected chi connectivity index (χ0v) is 13.5. The Morgan fingerprint density at radius 1 is 1.25 bits per heavy atom. The molecule has 20 heavy (non-hydrogen) atoms. The van der Waals surface area contributed by atoms with E-state index in [0.29, 0.717) is 12.3 Å². The van der Waals surface area contributed by atoms with Gasteiger partial charge in [-0.25, -0.2) is 0 Å². The van der Waals surface area contributed by atoms with E-state index in [1.165, 1.54) is 0 Å². The maximum Gasteiger partial charge on any atom is 0.129 e. The summed E-state index contributed by atoms with van der Waals surface area (Å²) in [6.07, 6.45) is 4.71. The Hall–Kier alpha value is -1.02. The standard InChI is InChI=1S/C17H25ClO2/c1-13(2)12-20-16-9-10-17(18)15(11-16)8-6-4-5-7-14(3)19/h9-11,13H,4-8,12H2,1-3H3. The fourth-order valence-corrected chi connectivity index (χ4v) is 2.17. The third-order valence-corrected chi connectivity index (χ3v) is 3.44. The van der Waals surface area contributed by atoms with Crippen LogP contribution in [0.2, 0.25) is 5.02 Å². The molecule has 3 heteroatoms. The van der Waals surface area contributed by atoms with E-state index in [4.69, 9.17) is 16.3 Å². The van der Waals surface area contributed by atoms with Gasteiger partial charge in [0.05, 0.1) is 6.61 Å². The predicted octanol–water partition coefficient (Wildman–Crippen LogP) is 5.07. The maximum absolute atomic E-state index is 10.9. The number of Topliss-reactive ketones (excluding diaryl/α,β-unsaturated/α-hetero) is 1. The van der Waals surface area contributed by atoms with Crippen LogP contribution in [-0.4, -0.2) is 12.4 Å². The third-order valence-electron chi connectivity index (χ3n) is 3.08. The molecule has 1 aromatic rings. The highest BCUT2D eigenvalue weighted by Gasteiger charge is 2.04. The second-order valence-corrected chi connectivity index (χ2v) is 6.13. The number of ketones is 1. The number of halogens is 1. The lowest BCUT2D eigenvalue weighted by Crippen LogP contribution is -2.04. The number of carbonyl (C=O) groups is 1. The van der Waals surface area contributed by atoms with Gasteiger partial charge in [0, 0.05) is 11.4 Å². The van der Waals surface area contributed by atoms with E-state index in [0.717, 1.165) is 48.6 Å². The van der Waals surface area contributed by atoms with E-state index in [9.17, 15) is 4.79 Å². The lowest BCUT2D eigenvalue weighted by molar-refractivity contribution is -0.117. The van der Waals surface area contributed by atoms with Crippen LogP contribution in [0.25, 0.3) is 0 Å². The zero-order valence-electron chi connectivity index (χ0n) is 12.7. The minimum atomic E-state index is 0.270. The van der Waals surface area contributed by atoms with E-state index < -0.39 is 0 Å². The van der Waals surface area contributed by atoms with Gasteiger partial charge in [0.1, 0.15) is 11.5 Å². The molecule has 0 spiro atoms. The molecular weight excluding hydrogens is 272 g/mol. The quantitative estimate of drug-likeness (QED) is 0.595. The summed E-state index contributed by atoms with van der Waals surface area (Å²) in [4.78, 5) is 10.9. The molecule has 0 N–H and O–H groups in total. The van der Waals surface area contributed by atoms with Crippen LogP contribution in [0.3, 0.4) is 0 Å². The van der Waals surface area contributed by atoms with E-state index in [1.807, 2.05) is 18.2 Å². The molecule has 0 aromatic heterocycles. The highest BCUT2D eigenvalue weighted by molar-refractivity contribution is 6.31. The number of benzene rings is 1. The van der Waals surface area contributed by atoms with Crippen molar-refractivity contribution in [3.63, 3.8) is 0 Å². The zero-order chi connectivity index (χ0) is 15.0. The summed E-state index contributed by atoms with van der Waals surface area (Å²) in [5, 5.41) is 0.800. The van der Waals surface area contributed by atoms with Crippen molar-refractivity contribution in [1.82, 2.24) is 0 Å². The number of hydrogen-bond acceptors (Lipinski definition) is 2. The number of ether oxygens (including phenoxy) is 1. The molecule has 0 amide bonds. The summed E-state index contributed by atoms with van der Waals surface area (Å²) in [5.74, 6) is 1.68. The average molecular weight is 297 g/mol. The van der Waals surface area contributed by atoms with Gasteiger partial charge in [0.2, 0.25) is 0 Å². The smallest absolute Gasteiger partial charge is 0.129 e. The Balaban J connectivity index is 2.43. The topological polar surface area (TPSA) is 26.3 Å². The maximum atomic E-state index is 10.9. The van der Waals surface area contributed by atoms with Crippen LogP contribution in [0.1, 0.15) is 52.0 Å². The Morgan fingerprint density at radius 2 is 2.00 bits per heavy atom. The van der Waals surface area contributed by atoms with E-state index in [1.54, 1.807) is 6.92 Å². The van der Waals surface area contributed by atoms with Crippen molar-refractivity contribution in [2.24, 2.45) is 5.92 Å². The van der Waals surface area contributed by atoms with Crippen LogP contribution in [0.4, 0.5) is 0 Å². The molecule has 0 aliphatic heterocycles. The molecule has 0 aliphatic carbocycles. The molecule has 0 saturated carbocycles. The summed E-state index contributed by atoms with van der Waals surface area (Å²) in [5.41, 5.74) is 1.13. The fourth-order valence-electron chi connectivity index (χ4n) is 1.96. The van der Waals surface area contributed by atoms with Gasteiger partial charge in [-0.1, -0.05) is 31.9 Å². The van der Waals surface area contributed by atoms with Crippen LogP contribution >= 0.6 is 11.6 Å². The highest BCUT2D eigenvalue weighted by Crippen LogP contribution is 2.24. The third kappa shape index (κ3) is 6.95. The van der Waals surface area contributed by atoms with Gasteiger partial charge in [-0.15, -0.1) is 0 Å². The average Bonchev–Trinajstić information content (AvgIpc) is 2.38. The Morgan fingerprint density at radius 3 is 2.65 bits per heavy atom. The Bertz CT molecular complexity index is 427. The van der Waals surface area contributed by atoms with Crippen molar-refractivity contribution in [2.75, 3.05) is 6.61 Å². The van der Waals surface area contributed by atoms with Crippen molar-refractivity contribution in [3.8, 4) is 5.75 Å². The molecule has 0 heterocycles. The first-order valence-corrected chi connectivity index (χ1v) is 7.77.